The van der Waals surface area contributed by atoms with Gasteiger partial charge in [-0.2, -0.15) is 0 Å². The van der Waals surface area contributed by atoms with E-state index in [1.807, 2.05) is 0 Å². The van der Waals surface area contributed by atoms with E-state index in [1.165, 1.54) is 16.7 Å². The van der Waals surface area contributed by atoms with Crippen LogP contribution in [0, 0.1) is 5.82 Å². The summed E-state index contributed by atoms with van der Waals surface area (Å²) in [6.45, 7) is 0.202. The summed E-state index contributed by atoms with van der Waals surface area (Å²) in [6.07, 6.45) is 0. The molecule has 0 saturated carbocycles. The number of anilines is 1. The quantitative estimate of drug-likeness (QED) is 0.731. The summed E-state index contributed by atoms with van der Waals surface area (Å²) < 4.78 is 20.6. The Kier molecular flexibility index (Phi) is 3.10. The van der Waals surface area contributed by atoms with Crippen LogP contribution in [0.2, 0.25) is 0 Å². The van der Waals surface area contributed by atoms with Crippen molar-refractivity contribution in [2.75, 3.05) is 5.73 Å². The number of nitrogens with zero attached hydrogens (tertiary/aromatic N) is 1. The molecule has 2 aromatic carbocycles. The lowest BCUT2D eigenvalue weighted by Gasteiger charge is -2.06. The molecule has 0 radical (unpaired) electrons. The minimum Gasteiger partial charge on any atom is -0.408 e. The lowest BCUT2D eigenvalue weighted by Crippen LogP contribution is -2.15. The molecule has 0 amide bonds. The van der Waals surface area contributed by atoms with Crippen LogP contribution in [0.5, 0.6) is 0 Å². The van der Waals surface area contributed by atoms with Crippen molar-refractivity contribution >= 4 is 32.7 Å². The van der Waals surface area contributed by atoms with E-state index >= 15 is 0 Å². The summed E-state index contributed by atoms with van der Waals surface area (Å²) in [7, 11) is 0. The van der Waals surface area contributed by atoms with Crippen molar-refractivity contribution < 1.29 is 8.81 Å². The third kappa shape index (κ3) is 2.22. The lowest BCUT2D eigenvalue weighted by atomic mass is 10.2. The molecule has 1 heterocycles. The van der Waals surface area contributed by atoms with Crippen molar-refractivity contribution in [3.63, 3.8) is 0 Å². The van der Waals surface area contributed by atoms with Crippen molar-refractivity contribution in [3.8, 4) is 0 Å². The first-order valence-corrected chi connectivity index (χ1v) is 6.67. The number of nitrogen functional groups attached to an aromatic ring is 1. The summed E-state index contributed by atoms with van der Waals surface area (Å²) in [6, 6.07) is 9.29. The minimum absolute atomic E-state index is 0.202. The van der Waals surface area contributed by atoms with E-state index in [0.29, 0.717) is 22.4 Å². The van der Waals surface area contributed by atoms with Crippen LogP contribution >= 0.6 is 15.9 Å². The molecule has 3 aromatic rings. The molecule has 0 aliphatic carbocycles. The third-order valence-electron chi connectivity index (χ3n) is 3.03. The summed E-state index contributed by atoms with van der Waals surface area (Å²) in [5, 5.41) is 0. The van der Waals surface area contributed by atoms with Gasteiger partial charge in [0, 0.05) is 10.2 Å². The molecule has 3 rings (SSSR count). The van der Waals surface area contributed by atoms with E-state index < -0.39 is 5.76 Å². The van der Waals surface area contributed by atoms with Crippen molar-refractivity contribution in [1.82, 2.24) is 4.57 Å². The van der Waals surface area contributed by atoms with Gasteiger partial charge in [-0.3, -0.25) is 4.57 Å². The number of hydrogen-bond donors (Lipinski definition) is 1. The Labute approximate surface area is 121 Å². The third-order valence-corrected chi connectivity index (χ3v) is 3.80. The number of benzene rings is 2. The Morgan fingerprint density at radius 2 is 2.05 bits per heavy atom. The maximum atomic E-state index is 13.3. The van der Waals surface area contributed by atoms with Crippen LogP contribution in [-0.2, 0) is 6.54 Å². The fraction of sp³-hybridized carbons (Fsp3) is 0.0714. The van der Waals surface area contributed by atoms with Crippen LogP contribution in [0.25, 0.3) is 11.1 Å². The molecule has 0 atom stereocenters. The average Bonchev–Trinajstić information content (AvgIpc) is 2.70. The number of aromatic nitrogens is 1. The summed E-state index contributed by atoms with van der Waals surface area (Å²) in [5.74, 6) is -0.856. The maximum Gasteiger partial charge on any atom is 0.420 e. The highest BCUT2D eigenvalue weighted by Gasteiger charge is 2.12. The Balaban J connectivity index is 2.15. The van der Waals surface area contributed by atoms with Crippen molar-refractivity contribution in [2.45, 2.75) is 6.54 Å². The highest BCUT2D eigenvalue weighted by Crippen LogP contribution is 2.22. The van der Waals surface area contributed by atoms with E-state index in [2.05, 4.69) is 15.9 Å². The zero-order valence-corrected chi connectivity index (χ0v) is 11.9. The molecule has 1 aromatic heterocycles. The average molecular weight is 337 g/mol. The molecule has 2 N–H and O–H groups in total. The molecule has 0 fully saturated rings. The number of hydrogen-bond acceptors (Lipinski definition) is 3. The number of rotatable bonds is 2. The highest BCUT2D eigenvalue weighted by atomic mass is 79.9. The molecule has 0 spiro atoms. The van der Waals surface area contributed by atoms with E-state index in [0.717, 1.165) is 4.47 Å². The first-order chi connectivity index (χ1) is 9.54. The van der Waals surface area contributed by atoms with Crippen LogP contribution in [-0.4, -0.2) is 4.57 Å². The molecule has 0 saturated heterocycles. The molecule has 0 aliphatic heterocycles. The van der Waals surface area contributed by atoms with Gasteiger partial charge in [0.1, 0.15) is 5.82 Å². The van der Waals surface area contributed by atoms with Gasteiger partial charge >= 0.3 is 5.76 Å². The van der Waals surface area contributed by atoms with Gasteiger partial charge < -0.3 is 10.2 Å². The molecule has 0 bridgehead atoms. The molecular weight excluding hydrogens is 327 g/mol. The minimum atomic E-state index is -0.498. The predicted octanol–water partition coefficient (Wildman–Crippen LogP) is 3.13. The second-order valence-electron chi connectivity index (χ2n) is 4.42. The fourth-order valence-corrected chi connectivity index (χ4v) is 2.44. The Morgan fingerprint density at radius 3 is 2.85 bits per heavy atom. The number of fused-ring (bicyclic) bond motifs is 1. The number of halogens is 2. The van der Waals surface area contributed by atoms with Gasteiger partial charge in [-0.25, -0.2) is 9.18 Å². The molecule has 0 aliphatic rings. The second kappa shape index (κ2) is 4.79. The Morgan fingerprint density at radius 1 is 1.25 bits per heavy atom. The first-order valence-electron chi connectivity index (χ1n) is 5.87. The summed E-state index contributed by atoms with van der Waals surface area (Å²) >= 11 is 3.34. The smallest absolute Gasteiger partial charge is 0.408 e. The molecule has 20 heavy (non-hydrogen) atoms. The first kappa shape index (κ1) is 12.9. The van der Waals surface area contributed by atoms with E-state index in [9.17, 15) is 9.18 Å². The van der Waals surface area contributed by atoms with Crippen molar-refractivity contribution in [3.05, 3.63) is 62.8 Å². The topological polar surface area (TPSA) is 61.2 Å². The lowest BCUT2D eigenvalue weighted by molar-refractivity contribution is 0.516. The highest BCUT2D eigenvalue weighted by molar-refractivity contribution is 9.10. The molecular formula is C14H10BrFN2O2. The molecule has 0 unspecified atom stereocenters. The van der Waals surface area contributed by atoms with Gasteiger partial charge in [-0.15, -0.1) is 0 Å². The van der Waals surface area contributed by atoms with Crippen LogP contribution in [0.4, 0.5) is 10.1 Å². The van der Waals surface area contributed by atoms with Gasteiger partial charge in [0.05, 0.1) is 12.1 Å². The van der Waals surface area contributed by atoms with Gasteiger partial charge in [0.15, 0.2) is 5.58 Å². The van der Waals surface area contributed by atoms with E-state index in [1.54, 1.807) is 24.3 Å². The molecule has 102 valence electrons. The maximum absolute atomic E-state index is 13.3. The predicted molar refractivity (Wildman–Crippen MR) is 78.1 cm³/mol. The van der Waals surface area contributed by atoms with E-state index in [-0.39, 0.29) is 12.4 Å². The van der Waals surface area contributed by atoms with E-state index in [4.69, 9.17) is 10.2 Å². The SMILES string of the molecule is Nc1ccc2oc(=O)n(Cc3cc(F)ccc3Br)c2c1. The van der Waals surface area contributed by atoms with Crippen LogP contribution in [0.15, 0.2) is 50.1 Å². The summed E-state index contributed by atoms with van der Waals surface area (Å²) in [4.78, 5) is 11.9. The van der Waals surface area contributed by atoms with Gasteiger partial charge in [-0.05, 0) is 42.0 Å². The standard InChI is InChI=1S/C14H10BrFN2O2/c15-11-3-1-9(16)5-8(11)7-18-12-6-10(17)2-4-13(12)20-14(18)19/h1-6H,7,17H2. The van der Waals surface area contributed by atoms with Crippen LogP contribution < -0.4 is 11.5 Å². The number of oxazole rings is 1. The van der Waals surface area contributed by atoms with Crippen molar-refractivity contribution in [1.29, 1.82) is 0 Å². The largest absolute Gasteiger partial charge is 0.420 e. The molecule has 6 heteroatoms. The monoisotopic (exact) mass is 336 g/mol. The van der Waals surface area contributed by atoms with Crippen LogP contribution in [0.3, 0.4) is 0 Å². The Bertz CT molecular complexity index is 854. The normalized spacial score (nSPS) is 11.1. The van der Waals surface area contributed by atoms with Gasteiger partial charge in [0.2, 0.25) is 0 Å². The summed E-state index contributed by atoms with van der Waals surface area (Å²) in [5.41, 5.74) is 7.95. The zero-order valence-electron chi connectivity index (χ0n) is 10.3. The zero-order chi connectivity index (χ0) is 14.3. The van der Waals surface area contributed by atoms with Crippen molar-refractivity contribution in [2.24, 2.45) is 0 Å². The molecule has 4 nitrogen and oxygen atoms in total. The number of nitrogens with two attached hydrogens (primary N) is 1. The van der Waals surface area contributed by atoms with Gasteiger partial charge in [-0.1, -0.05) is 15.9 Å². The van der Waals surface area contributed by atoms with Crippen LogP contribution in [0.1, 0.15) is 5.56 Å². The Hall–Kier alpha value is -2.08. The fourth-order valence-electron chi connectivity index (χ4n) is 2.06. The second-order valence-corrected chi connectivity index (χ2v) is 5.27. The van der Waals surface area contributed by atoms with Gasteiger partial charge in [0.25, 0.3) is 0 Å².